The molecule has 4 heteroatoms. The predicted molar refractivity (Wildman–Crippen MR) is 69.9 cm³/mol. The van der Waals surface area contributed by atoms with Crippen LogP contribution >= 0.6 is 0 Å². The average molecular weight is 265 g/mol. The lowest BCUT2D eigenvalue weighted by atomic mass is 9.98. The number of benzene rings is 1. The minimum Gasteiger partial charge on any atom is -0.469 e. The second-order valence-electron chi connectivity index (χ2n) is 4.48. The molecule has 0 aliphatic heterocycles. The summed E-state index contributed by atoms with van der Waals surface area (Å²) in [7, 11) is 1.83. The fourth-order valence-electron chi connectivity index (χ4n) is 2.28. The molecule has 1 unspecified atom stereocenters. The molecule has 0 bridgehead atoms. The van der Waals surface area contributed by atoms with Gasteiger partial charge in [-0.05, 0) is 37.2 Å². The monoisotopic (exact) mass is 265 g/mol. The van der Waals surface area contributed by atoms with Crippen LogP contribution in [0.4, 0.5) is 8.78 Å². The summed E-state index contributed by atoms with van der Waals surface area (Å²) in [6.07, 6.45) is 2.94. The van der Waals surface area contributed by atoms with Gasteiger partial charge in [-0.25, -0.2) is 8.78 Å². The molecular formula is C15H17F2NO. The van der Waals surface area contributed by atoms with Crippen molar-refractivity contribution in [1.29, 1.82) is 0 Å². The van der Waals surface area contributed by atoms with E-state index in [2.05, 4.69) is 5.32 Å². The summed E-state index contributed by atoms with van der Waals surface area (Å²) in [5.74, 6) is -0.197. The maximum Gasteiger partial charge on any atom is 0.126 e. The first-order valence-electron chi connectivity index (χ1n) is 6.32. The van der Waals surface area contributed by atoms with E-state index in [4.69, 9.17) is 4.42 Å². The SMILES string of the molecule is CCc1occc1C(Cc1cc(F)cc(F)c1)NC. The molecule has 1 aromatic heterocycles. The van der Waals surface area contributed by atoms with E-state index in [-0.39, 0.29) is 6.04 Å². The van der Waals surface area contributed by atoms with Crippen LogP contribution in [0.3, 0.4) is 0 Å². The van der Waals surface area contributed by atoms with Crippen molar-refractivity contribution in [2.45, 2.75) is 25.8 Å². The molecule has 0 aliphatic rings. The molecule has 1 heterocycles. The van der Waals surface area contributed by atoms with Gasteiger partial charge in [0, 0.05) is 24.1 Å². The highest BCUT2D eigenvalue weighted by Crippen LogP contribution is 2.24. The highest BCUT2D eigenvalue weighted by molar-refractivity contribution is 5.26. The van der Waals surface area contributed by atoms with Gasteiger partial charge in [0.25, 0.3) is 0 Å². The van der Waals surface area contributed by atoms with E-state index in [1.807, 2.05) is 20.0 Å². The number of likely N-dealkylation sites (N-methyl/N-ethyl adjacent to an activating group) is 1. The summed E-state index contributed by atoms with van der Waals surface area (Å²) in [4.78, 5) is 0. The molecule has 0 saturated heterocycles. The maximum atomic E-state index is 13.2. The Labute approximate surface area is 111 Å². The summed E-state index contributed by atoms with van der Waals surface area (Å²) >= 11 is 0. The quantitative estimate of drug-likeness (QED) is 0.893. The average Bonchev–Trinajstić information content (AvgIpc) is 2.82. The second kappa shape index (κ2) is 5.97. The number of aryl methyl sites for hydroxylation is 1. The fraction of sp³-hybridized carbons (Fsp3) is 0.333. The lowest BCUT2D eigenvalue weighted by Crippen LogP contribution is -2.19. The van der Waals surface area contributed by atoms with Crippen LogP contribution in [0.5, 0.6) is 0 Å². The van der Waals surface area contributed by atoms with Gasteiger partial charge in [0.05, 0.1) is 6.26 Å². The molecule has 102 valence electrons. The van der Waals surface area contributed by atoms with Crippen molar-refractivity contribution in [3.63, 3.8) is 0 Å². The van der Waals surface area contributed by atoms with Gasteiger partial charge in [0.1, 0.15) is 17.4 Å². The molecule has 1 N–H and O–H groups in total. The molecule has 0 radical (unpaired) electrons. The Bertz CT molecular complexity index is 531. The smallest absolute Gasteiger partial charge is 0.126 e. The normalized spacial score (nSPS) is 12.6. The Morgan fingerprint density at radius 3 is 2.47 bits per heavy atom. The first-order valence-corrected chi connectivity index (χ1v) is 6.32. The molecule has 0 fully saturated rings. The topological polar surface area (TPSA) is 25.2 Å². The molecule has 0 amide bonds. The lowest BCUT2D eigenvalue weighted by Gasteiger charge is -2.16. The molecule has 0 aliphatic carbocycles. The molecule has 2 aromatic rings. The first-order chi connectivity index (χ1) is 9.13. The van der Waals surface area contributed by atoms with Crippen molar-refractivity contribution in [3.8, 4) is 0 Å². The van der Waals surface area contributed by atoms with Crippen molar-refractivity contribution in [2.24, 2.45) is 0 Å². The maximum absolute atomic E-state index is 13.2. The molecule has 0 spiro atoms. The summed E-state index contributed by atoms with van der Waals surface area (Å²) in [6, 6.07) is 5.48. The fourth-order valence-corrected chi connectivity index (χ4v) is 2.28. The van der Waals surface area contributed by atoms with E-state index in [1.54, 1.807) is 6.26 Å². The van der Waals surface area contributed by atoms with Crippen LogP contribution in [-0.4, -0.2) is 7.05 Å². The first kappa shape index (κ1) is 13.7. The minimum absolute atomic E-state index is 0.0186. The third-order valence-electron chi connectivity index (χ3n) is 3.19. The Kier molecular flexibility index (Phi) is 4.32. The van der Waals surface area contributed by atoms with E-state index in [0.717, 1.165) is 23.8 Å². The van der Waals surface area contributed by atoms with Gasteiger partial charge < -0.3 is 9.73 Å². The summed E-state index contributed by atoms with van der Waals surface area (Å²) in [5, 5.41) is 3.16. The lowest BCUT2D eigenvalue weighted by molar-refractivity contribution is 0.494. The molecular weight excluding hydrogens is 248 g/mol. The zero-order valence-electron chi connectivity index (χ0n) is 11.0. The van der Waals surface area contributed by atoms with Gasteiger partial charge in [0.2, 0.25) is 0 Å². The largest absolute Gasteiger partial charge is 0.469 e. The highest BCUT2D eigenvalue weighted by Gasteiger charge is 2.16. The van der Waals surface area contributed by atoms with E-state index in [1.165, 1.54) is 12.1 Å². The third-order valence-corrected chi connectivity index (χ3v) is 3.19. The summed E-state index contributed by atoms with van der Waals surface area (Å²) in [6.45, 7) is 2.01. The summed E-state index contributed by atoms with van der Waals surface area (Å²) < 4.78 is 31.8. The van der Waals surface area contributed by atoms with Crippen molar-refractivity contribution in [3.05, 3.63) is 59.1 Å². The Balaban J connectivity index is 2.24. The molecule has 2 rings (SSSR count). The molecule has 0 saturated carbocycles. The summed E-state index contributed by atoms with van der Waals surface area (Å²) in [5.41, 5.74) is 1.66. The van der Waals surface area contributed by atoms with Gasteiger partial charge in [-0.3, -0.25) is 0 Å². The molecule has 1 aromatic carbocycles. The van der Waals surface area contributed by atoms with E-state index in [9.17, 15) is 8.78 Å². The number of nitrogens with one attached hydrogen (secondary N) is 1. The van der Waals surface area contributed by atoms with E-state index < -0.39 is 11.6 Å². The van der Waals surface area contributed by atoms with Gasteiger partial charge >= 0.3 is 0 Å². The van der Waals surface area contributed by atoms with Crippen molar-refractivity contribution in [1.82, 2.24) is 5.32 Å². The Morgan fingerprint density at radius 1 is 1.21 bits per heavy atom. The van der Waals surface area contributed by atoms with Crippen molar-refractivity contribution < 1.29 is 13.2 Å². The number of rotatable bonds is 5. The Hall–Kier alpha value is -1.68. The number of halogens is 2. The minimum atomic E-state index is -0.548. The second-order valence-corrected chi connectivity index (χ2v) is 4.48. The van der Waals surface area contributed by atoms with Crippen LogP contribution in [0.15, 0.2) is 34.9 Å². The van der Waals surface area contributed by atoms with E-state index in [0.29, 0.717) is 12.0 Å². The van der Waals surface area contributed by atoms with E-state index >= 15 is 0 Å². The van der Waals surface area contributed by atoms with Gasteiger partial charge in [-0.1, -0.05) is 6.92 Å². The zero-order valence-corrected chi connectivity index (χ0v) is 11.0. The van der Waals surface area contributed by atoms with Crippen LogP contribution in [0, 0.1) is 11.6 Å². The van der Waals surface area contributed by atoms with Crippen LogP contribution in [-0.2, 0) is 12.8 Å². The predicted octanol–water partition coefficient (Wildman–Crippen LogP) is 3.62. The number of furan rings is 1. The van der Waals surface area contributed by atoms with Gasteiger partial charge in [0.15, 0.2) is 0 Å². The van der Waals surface area contributed by atoms with Crippen LogP contribution < -0.4 is 5.32 Å². The van der Waals surface area contributed by atoms with Gasteiger partial charge in [-0.2, -0.15) is 0 Å². The Morgan fingerprint density at radius 2 is 1.89 bits per heavy atom. The molecule has 1 atom stereocenters. The van der Waals surface area contributed by atoms with Crippen LogP contribution in [0.1, 0.15) is 29.9 Å². The highest BCUT2D eigenvalue weighted by atomic mass is 19.1. The standard InChI is InChI=1S/C15H17F2NO/c1-3-15-13(4-5-19-15)14(18-2)8-10-6-11(16)9-12(17)7-10/h4-7,9,14,18H,3,8H2,1-2H3. The third kappa shape index (κ3) is 3.20. The van der Waals surface area contributed by atoms with Crippen molar-refractivity contribution >= 4 is 0 Å². The van der Waals surface area contributed by atoms with Crippen LogP contribution in [0.2, 0.25) is 0 Å². The van der Waals surface area contributed by atoms with Crippen LogP contribution in [0.25, 0.3) is 0 Å². The zero-order chi connectivity index (χ0) is 13.8. The van der Waals surface area contributed by atoms with Gasteiger partial charge in [-0.15, -0.1) is 0 Å². The number of hydrogen-bond donors (Lipinski definition) is 1. The molecule has 19 heavy (non-hydrogen) atoms. The number of hydrogen-bond acceptors (Lipinski definition) is 2. The molecule has 2 nitrogen and oxygen atoms in total. The van der Waals surface area contributed by atoms with Crippen molar-refractivity contribution in [2.75, 3.05) is 7.05 Å².